The van der Waals surface area contributed by atoms with E-state index in [1.807, 2.05) is 0 Å². The van der Waals surface area contributed by atoms with E-state index in [0.29, 0.717) is 23.3 Å². The van der Waals surface area contributed by atoms with Gasteiger partial charge in [-0.1, -0.05) is 6.58 Å². The molecule has 142 valence electrons. The standard InChI is InChI=1S/C20H26O6/c1-3-25-19(24)26-18(23)8-16(21)7-17(22)12(2)20-9-13-4-14(10-20)6-15(5-13)11-20/h7-8,13-15,21-22H,2-6,9-11H2,1H3/b16-8-,17-7+. The molecule has 6 nitrogen and oxygen atoms in total. The zero-order valence-electron chi connectivity index (χ0n) is 15.1. The number of aliphatic hydroxyl groups is 2. The molecule has 4 aliphatic rings. The van der Waals surface area contributed by atoms with Crippen LogP contribution in [0.1, 0.15) is 45.4 Å². The number of allylic oxidation sites excluding steroid dienone is 2. The predicted octanol–water partition coefficient (Wildman–Crippen LogP) is 4.34. The van der Waals surface area contributed by atoms with Crippen molar-refractivity contribution in [3.63, 3.8) is 0 Å². The molecule has 0 aromatic carbocycles. The first-order valence-corrected chi connectivity index (χ1v) is 9.21. The lowest BCUT2D eigenvalue weighted by Crippen LogP contribution is -2.47. The highest BCUT2D eigenvalue weighted by atomic mass is 16.7. The smallest absolute Gasteiger partial charge is 0.508 e. The number of hydrogen-bond acceptors (Lipinski definition) is 6. The average Bonchev–Trinajstić information content (AvgIpc) is 2.52. The van der Waals surface area contributed by atoms with Crippen LogP contribution in [-0.4, -0.2) is 28.9 Å². The Morgan fingerprint density at radius 2 is 1.62 bits per heavy atom. The van der Waals surface area contributed by atoms with Crippen LogP contribution in [-0.2, 0) is 14.3 Å². The molecule has 0 heterocycles. The Balaban J connectivity index is 1.67. The molecule has 4 saturated carbocycles. The molecule has 0 radical (unpaired) electrons. The SMILES string of the molecule is C=C(/C(O)=C\C(O)=C\C(=O)OC(=O)OCC)C12CC3CC(CC(C3)C1)C2. The number of carbonyl (C=O) groups is 2. The van der Waals surface area contributed by atoms with Crippen LogP contribution in [0.4, 0.5) is 4.79 Å². The minimum atomic E-state index is -1.13. The van der Waals surface area contributed by atoms with Gasteiger partial charge < -0.3 is 19.7 Å². The van der Waals surface area contributed by atoms with Crippen LogP contribution in [0.15, 0.2) is 35.8 Å². The van der Waals surface area contributed by atoms with E-state index in [9.17, 15) is 19.8 Å². The first-order chi connectivity index (χ1) is 12.3. The van der Waals surface area contributed by atoms with E-state index in [-0.39, 0.29) is 17.8 Å². The molecule has 2 N–H and O–H groups in total. The van der Waals surface area contributed by atoms with Crippen molar-refractivity contribution in [1.82, 2.24) is 0 Å². The molecule has 4 aliphatic carbocycles. The van der Waals surface area contributed by atoms with Crippen LogP contribution in [0.25, 0.3) is 0 Å². The van der Waals surface area contributed by atoms with E-state index in [1.54, 1.807) is 6.92 Å². The van der Waals surface area contributed by atoms with Crippen LogP contribution < -0.4 is 0 Å². The third kappa shape index (κ3) is 3.79. The fraction of sp³-hybridized carbons (Fsp3) is 0.600. The maximum absolute atomic E-state index is 11.5. The van der Waals surface area contributed by atoms with Gasteiger partial charge in [0.2, 0.25) is 0 Å². The van der Waals surface area contributed by atoms with Crippen molar-refractivity contribution in [1.29, 1.82) is 0 Å². The molecule has 0 atom stereocenters. The average molecular weight is 362 g/mol. The molecule has 0 spiro atoms. The second-order valence-electron chi connectivity index (χ2n) is 7.88. The zero-order chi connectivity index (χ0) is 18.9. The van der Waals surface area contributed by atoms with Gasteiger partial charge in [-0.15, -0.1) is 0 Å². The summed E-state index contributed by atoms with van der Waals surface area (Å²) in [7, 11) is 0. The van der Waals surface area contributed by atoms with Gasteiger partial charge in [0.05, 0.1) is 12.7 Å². The van der Waals surface area contributed by atoms with Gasteiger partial charge in [0.25, 0.3) is 0 Å². The lowest BCUT2D eigenvalue weighted by molar-refractivity contribution is -0.134. The van der Waals surface area contributed by atoms with Gasteiger partial charge in [-0.25, -0.2) is 9.59 Å². The number of rotatable bonds is 5. The minimum Gasteiger partial charge on any atom is -0.508 e. The predicted molar refractivity (Wildman–Crippen MR) is 94.3 cm³/mol. The fourth-order valence-corrected chi connectivity index (χ4v) is 5.40. The third-order valence-corrected chi connectivity index (χ3v) is 5.98. The summed E-state index contributed by atoms with van der Waals surface area (Å²) in [5.41, 5.74) is 0.538. The van der Waals surface area contributed by atoms with Crippen molar-refractivity contribution >= 4 is 12.1 Å². The molecule has 0 unspecified atom stereocenters. The van der Waals surface area contributed by atoms with E-state index < -0.39 is 17.9 Å². The highest BCUT2D eigenvalue weighted by molar-refractivity contribution is 5.90. The Morgan fingerprint density at radius 3 is 2.12 bits per heavy atom. The van der Waals surface area contributed by atoms with E-state index in [2.05, 4.69) is 16.1 Å². The normalized spacial score (nSPS) is 33.0. The number of ether oxygens (including phenoxy) is 2. The fourth-order valence-electron chi connectivity index (χ4n) is 5.40. The van der Waals surface area contributed by atoms with Gasteiger partial charge in [0, 0.05) is 6.08 Å². The summed E-state index contributed by atoms with van der Waals surface area (Å²) in [5.74, 6) is 0.427. The summed E-state index contributed by atoms with van der Waals surface area (Å²) in [6.45, 7) is 5.76. The van der Waals surface area contributed by atoms with Crippen molar-refractivity contribution in [2.75, 3.05) is 6.61 Å². The molecule has 4 bridgehead atoms. The summed E-state index contributed by atoms with van der Waals surface area (Å²) >= 11 is 0. The number of esters is 1. The molecule has 0 aliphatic heterocycles. The molecule has 4 fully saturated rings. The topological polar surface area (TPSA) is 93.1 Å². The molecule has 0 amide bonds. The van der Waals surface area contributed by atoms with E-state index in [4.69, 9.17) is 0 Å². The number of carbonyl (C=O) groups excluding carboxylic acids is 2. The van der Waals surface area contributed by atoms with Crippen molar-refractivity contribution < 1.29 is 29.3 Å². The summed E-state index contributed by atoms with van der Waals surface area (Å²) in [6.07, 6.45) is 7.62. The van der Waals surface area contributed by atoms with Crippen molar-refractivity contribution in [3.05, 3.63) is 35.8 Å². The molecular formula is C20H26O6. The van der Waals surface area contributed by atoms with Gasteiger partial charge in [0.1, 0.15) is 11.5 Å². The molecule has 4 rings (SSSR count). The maximum Gasteiger partial charge on any atom is 0.516 e. The van der Waals surface area contributed by atoms with Gasteiger partial charge >= 0.3 is 12.1 Å². The summed E-state index contributed by atoms with van der Waals surface area (Å²) in [4.78, 5) is 22.6. The second-order valence-corrected chi connectivity index (χ2v) is 7.88. The van der Waals surface area contributed by atoms with Gasteiger partial charge in [0.15, 0.2) is 0 Å². The van der Waals surface area contributed by atoms with Gasteiger partial charge in [-0.2, -0.15) is 0 Å². The largest absolute Gasteiger partial charge is 0.516 e. The van der Waals surface area contributed by atoms with Crippen molar-refractivity contribution in [2.24, 2.45) is 23.2 Å². The Morgan fingerprint density at radius 1 is 1.08 bits per heavy atom. The lowest BCUT2D eigenvalue weighted by Gasteiger charge is -2.57. The minimum absolute atomic E-state index is 0.0768. The van der Waals surface area contributed by atoms with E-state index in [1.165, 1.54) is 19.3 Å². The van der Waals surface area contributed by atoms with Crippen LogP contribution >= 0.6 is 0 Å². The molecule has 0 saturated heterocycles. The third-order valence-electron chi connectivity index (χ3n) is 5.98. The van der Waals surface area contributed by atoms with Gasteiger partial charge in [-0.3, -0.25) is 0 Å². The summed E-state index contributed by atoms with van der Waals surface area (Å²) in [5, 5.41) is 20.3. The van der Waals surface area contributed by atoms with E-state index in [0.717, 1.165) is 31.4 Å². The van der Waals surface area contributed by atoms with Gasteiger partial charge in [-0.05, 0) is 74.2 Å². The van der Waals surface area contributed by atoms with Crippen LogP contribution in [0, 0.1) is 23.2 Å². The monoisotopic (exact) mass is 362 g/mol. The quantitative estimate of drug-likeness (QED) is 0.248. The maximum atomic E-state index is 11.5. The lowest BCUT2D eigenvalue weighted by atomic mass is 9.48. The first-order valence-electron chi connectivity index (χ1n) is 9.21. The second kappa shape index (κ2) is 7.17. The Labute approximate surface area is 153 Å². The summed E-state index contributed by atoms with van der Waals surface area (Å²) in [6, 6.07) is 0. The highest BCUT2D eigenvalue weighted by Crippen LogP contribution is 2.63. The van der Waals surface area contributed by atoms with Crippen LogP contribution in [0.3, 0.4) is 0 Å². The first kappa shape index (κ1) is 18.5. The Hall–Kier alpha value is -2.24. The zero-order valence-corrected chi connectivity index (χ0v) is 15.1. The Kier molecular flexibility index (Phi) is 5.12. The molecule has 26 heavy (non-hydrogen) atoms. The highest BCUT2D eigenvalue weighted by Gasteiger charge is 2.52. The van der Waals surface area contributed by atoms with Crippen LogP contribution in [0.5, 0.6) is 0 Å². The van der Waals surface area contributed by atoms with Crippen LogP contribution in [0.2, 0.25) is 0 Å². The van der Waals surface area contributed by atoms with Crippen molar-refractivity contribution in [3.8, 4) is 0 Å². The summed E-state index contributed by atoms with van der Waals surface area (Å²) < 4.78 is 8.81. The molecular weight excluding hydrogens is 336 g/mol. The number of hydrogen-bond donors (Lipinski definition) is 2. The number of aliphatic hydroxyl groups excluding tert-OH is 2. The molecule has 0 aromatic rings. The van der Waals surface area contributed by atoms with Crippen molar-refractivity contribution in [2.45, 2.75) is 45.4 Å². The van der Waals surface area contributed by atoms with E-state index >= 15 is 0 Å². The molecule has 6 heteroatoms. The Bertz CT molecular complexity index is 637. The molecule has 0 aromatic heterocycles.